The molecule has 8 nitrogen and oxygen atoms in total. The van der Waals surface area contributed by atoms with Gasteiger partial charge in [-0.2, -0.15) is 5.10 Å². The van der Waals surface area contributed by atoms with Crippen LogP contribution < -0.4 is 10.5 Å². The van der Waals surface area contributed by atoms with E-state index in [0.717, 1.165) is 31.1 Å². The zero-order chi connectivity index (χ0) is 23.7. The number of nitrogens with two attached hydrogens (primary N) is 1. The van der Waals surface area contributed by atoms with Crippen molar-refractivity contribution in [3.8, 4) is 11.3 Å². The maximum absolute atomic E-state index is 15.0. The summed E-state index contributed by atoms with van der Waals surface area (Å²) in [5.74, 6) is -0.464. The number of benzene rings is 2. The van der Waals surface area contributed by atoms with Crippen molar-refractivity contribution >= 4 is 38.6 Å². The lowest BCUT2D eigenvalue weighted by Gasteiger charge is -2.10. The SMILES string of the molecule is Nc1ncnc2c1c(-c1ccc(NS(=O)(=O)C=Cc3ccccc3)c(F)c1)nn2C1CCCC1. The fourth-order valence-electron chi connectivity index (χ4n) is 4.27. The first-order valence-corrected chi connectivity index (χ1v) is 12.5. The zero-order valence-electron chi connectivity index (χ0n) is 18.2. The molecule has 0 bridgehead atoms. The maximum atomic E-state index is 15.0. The van der Waals surface area contributed by atoms with E-state index in [1.165, 1.54) is 24.5 Å². The molecule has 1 aliphatic rings. The third-order valence-corrected chi connectivity index (χ3v) is 6.92. The van der Waals surface area contributed by atoms with Gasteiger partial charge in [0.2, 0.25) is 0 Å². The minimum absolute atomic E-state index is 0.162. The highest BCUT2D eigenvalue weighted by Crippen LogP contribution is 2.37. The first-order chi connectivity index (χ1) is 16.4. The number of hydrogen-bond donors (Lipinski definition) is 2. The lowest BCUT2D eigenvalue weighted by atomic mass is 10.1. The molecule has 0 amide bonds. The Hall–Kier alpha value is -3.79. The van der Waals surface area contributed by atoms with Crippen LogP contribution >= 0.6 is 0 Å². The van der Waals surface area contributed by atoms with Crippen LogP contribution in [0.15, 0.2) is 60.3 Å². The normalized spacial score (nSPS) is 14.9. The van der Waals surface area contributed by atoms with E-state index in [1.54, 1.807) is 30.3 Å². The van der Waals surface area contributed by atoms with Gasteiger partial charge in [0.1, 0.15) is 23.7 Å². The van der Waals surface area contributed by atoms with Crippen molar-refractivity contribution in [3.63, 3.8) is 0 Å². The molecule has 0 atom stereocenters. The summed E-state index contributed by atoms with van der Waals surface area (Å²) in [5, 5.41) is 6.30. The highest BCUT2D eigenvalue weighted by molar-refractivity contribution is 7.95. The second kappa shape index (κ2) is 8.86. The third kappa shape index (κ3) is 4.36. The van der Waals surface area contributed by atoms with Gasteiger partial charge in [0.25, 0.3) is 10.0 Å². The van der Waals surface area contributed by atoms with Gasteiger partial charge in [-0.1, -0.05) is 49.2 Å². The van der Waals surface area contributed by atoms with Crippen LogP contribution in [0.2, 0.25) is 0 Å². The molecule has 174 valence electrons. The number of halogens is 1. The van der Waals surface area contributed by atoms with Gasteiger partial charge in [-0.05, 0) is 36.6 Å². The minimum atomic E-state index is -3.91. The van der Waals surface area contributed by atoms with E-state index in [0.29, 0.717) is 27.9 Å². The Kier molecular flexibility index (Phi) is 5.74. The number of sulfonamides is 1. The Morgan fingerprint density at radius 2 is 1.85 bits per heavy atom. The molecule has 0 saturated heterocycles. The maximum Gasteiger partial charge on any atom is 0.255 e. The number of hydrogen-bond acceptors (Lipinski definition) is 6. The van der Waals surface area contributed by atoms with Crippen LogP contribution in [0.25, 0.3) is 28.4 Å². The summed E-state index contributed by atoms with van der Waals surface area (Å²) in [6.07, 6.45) is 7.06. The summed E-state index contributed by atoms with van der Waals surface area (Å²) >= 11 is 0. The monoisotopic (exact) mass is 478 g/mol. The van der Waals surface area contributed by atoms with Gasteiger partial charge in [-0.25, -0.2) is 27.5 Å². The molecule has 0 spiro atoms. The largest absolute Gasteiger partial charge is 0.383 e. The van der Waals surface area contributed by atoms with Crippen LogP contribution in [0.1, 0.15) is 37.3 Å². The fraction of sp³-hybridized carbons (Fsp3) is 0.208. The minimum Gasteiger partial charge on any atom is -0.383 e. The van der Waals surface area contributed by atoms with Crippen molar-refractivity contribution in [1.29, 1.82) is 0 Å². The van der Waals surface area contributed by atoms with Crippen molar-refractivity contribution in [1.82, 2.24) is 19.7 Å². The number of fused-ring (bicyclic) bond motifs is 1. The Bertz CT molecular complexity index is 1480. The number of nitrogens with one attached hydrogen (secondary N) is 1. The van der Waals surface area contributed by atoms with Gasteiger partial charge in [0, 0.05) is 5.56 Å². The van der Waals surface area contributed by atoms with Gasteiger partial charge in [0.15, 0.2) is 5.65 Å². The lowest BCUT2D eigenvalue weighted by molar-refractivity contribution is 0.479. The van der Waals surface area contributed by atoms with E-state index in [9.17, 15) is 12.8 Å². The van der Waals surface area contributed by atoms with Gasteiger partial charge in [-0.15, -0.1) is 0 Å². The smallest absolute Gasteiger partial charge is 0.255 e. The predicted octanol–water partition coefficient (Wildman–Crippen LogP) is 4.74. The van der Waals surface area contributed by atoms with Crippen LogP contribution in [0.4, 0.5) is 15.9 Å². The van der Waals surface area contributed by atoms with Gasteiger partial charge in [0.05, 0.1) is 22.5 Å². The van der Waals surface area contributed by atoms with Crippen molar-refractivity contribution < 1.29 is 12.8 Å². The molecule has 1 saturated carbocycles. The Balaban J connectivity index is 1.47. The number of rotatable bonds is 6. The summed E-state index contributed by atoms with van der Waals surface area (Å²) in [5.41, 5.74) is 8.24. The van der Waals surface area contributed by atoms with Gasteiger partial charge < -0.3 is 5.73 Å². The van der Waals surface area contributed by atoms with Crippen molar-refractivity contribution in [2.75, 3.05) is 10.5 Å². The molecule has 2 aromatic heterocycles. The topological polar surface area (TPSA) is 116 Å². The molecule has 10 heteroatoms. The Morgan fingerprint density at radius 1 is 1.09 bits per heavy atom. The van der Waals surface area contributed by atoms with Crippen molar-refractivity contribution in [2.24, 2.45) is 0 Å². The fourth-order valence-corrected chi connectivity index (χ4v) is 5.14. The third-order valence-electron chi connectivity index (χ3n) is 5.92. The van der Waals surface area contributed by atoms with E-state index in [1.807, 2.05) is 10.7 Å². The molecule has 4 aromatic rings. The number of nitrogens with zero attached hydrogens (tertiary/aromatic N) is 4. The van der Waals surface area contributed by atoms with Gasteiger partial charge >= 0.3 is 0 Å². The number of nitrogen functional groups attached to an aromatic ring is 1. The average Bonchev–Trinajstić information content (AvgIpc) is 3.48. The zero-order valence-corrected chi connectivity index (χ0v) is 19.0. The first-order valence-electron chi connectivity index (χ1n) is 11.0. The number of anilines is 2. The van der Waals surface area contributed by atoms with E-state index < -0.39 is 15.8 Å². The molecule has 1 fully saturated rings. The van der Waals surface area contributed by atoms with Crippen LogP contribution in [0.3, 0.4) is 0 Å². The molecule has 0 radical (unpaired) electrons. The van der Waals surface area contributed by atoms with Crippen LogP contribution in [0.5, 0.6) is 0 Å². The van der Waals surface area contributed by atoms with E-state index in [4.69, 9.17) is 10.8 Å². The van der Waals surface area contributed by atoms with Crippen molar-refractivity contribution in [2.45, 2.75) is 31.7 Å². The van der Waals surface area contributed by atoms with Gasteiger partial charge in [-0.3, -0.25) is 4.72 Å². The van der Waals surface area contributed by atoms with E-state index in [-0.39, 0.29) is 17.5 Å². The molecule has 2 heterocycles. The Morgan fingerprint density at radius 3 is 2.59 bits per heavy atom. The second-order valence-corrected chi connectivity index (χ2v) is 9.81. The second-order valence-electron chi connectivity index (χ2n) is 8.24. The molecule has 0 aliphatic heterocycles. The molecule has 3 N–H and O–H groups in total. The highest BCUT2D eigenvalue weighted by Gasteiger charge is 2.25. The predicted molar refractivity (Wildman–Crippen MR) is 131 cm³/mol. The molecular weight excluding hydrogens is 455 g/mol. The lowest BCUT2D eigenvalue weighted by Crippen LogP contribution is -2.10. The van der Waals surface area contributed by atoms with E-state index >= 15 is 0 Å². The van der Waals surface area contributed by atoms with E-state index in [2.05, 4.69) is 14.7 Å². The molecular formula is C24H23FN6O2S. The standard InChI is InChI=1S/C24H23FN6O2S/c25-19-14-17(10-11-20(19)30-34(32,33)13-12-16-6-2-1-3-7-16)22-21-23(26)27-15-28-24(21)31(29-22)18-8-4-5-9-18/h1-3,6-7,10-15,18,30H,4-5,8-9H2,(H2,26,27,28). The summed E-state index contributed by atoms with van der Waals surface area (Å²) in [7, 11) is -3.91. The van der Waals surface area contributed by atoms with Crippen molar-refractivity contribution in [3.05, 3.63) is 71.6 Å². The Labute approximate surface area is 196 Å². The van der Waals surface area contributed by atoms with Crippen LogP contribution in [-0.4, -0.2) is 28.2 Å². The summed E-state index contributed by atoms with van der Waals surface area (Å²) in [6, 6.07) is 13.4. The highest BCUT2D eigenvalue weighted by atomic mass is 32.2. The summed E-state index contributed by atoms with van der Waals surface area (Å²) < 4.78 is 44.0. The van der Waals surface area contributed by atoms with Crippen LogP contribution in [-0.2, 0) is 10.0 Å². The summed E-state index contributed by atoms with van der Waals surface area (Å²) in [4.78, 5) is 8.47. The molecule has 5 rings (SSSR count). The summed E-state index contributed by atoms with van der Waals surface area (Å²) in [6.45, 7) is 0. The molecule has 1 aliphatic carbocycles. The number of aromatic nitrogens is 4. The quantitative estimate of drug-likeness (QED) is 0.413. The molecule has 2 aromatic carbocycles. The molecule has 34 heavy (non-hydrogen) atoms. The average molecular weight is 479 g/mol. The first kappa shape index (κ1) is 22.0. The molecule has 0 unspecified atom stereocenters. The van der Waals surface area contributed by atoms with Crippen LogP contribution in [0, 0.1) is 5.82 Å².